The molecule has 0 radical (unpaired) electrons. The van der Waals surface area contributed by atoms with E-state index in [-0.39, 0.29) is 5.75 Å². The van der Waals surface area contributed by atoms with Gasteiger partial charge in [0, 0.05) is 0 Å². The van der Waals surface area contributed by atoms with Crippen LogP contribution in [0.5, 0.6) is 11.5 Å². The predicted octanol–water partition coefficient (Wildman–Crippen LogP) is 4.50. The van der Waals surface area contributed by atoms with Crippen molar-refractivity contribution < 1.29 is 10.2 Å². The van der Waals surface area contributed by atoms with Crippen molar-refractivity contribution in [3.8, 4) is 22.6 Å². The van der Waals surface area contributed by atoms with E-state index in [0.29, 0.717) is 5.75 Å². The van der Waals surface area contributed by atoms with Crippen LogP contribution in [0.2, 0.25) is 0 Å². The monoisotopic (exact) mass is 256 g/mol. The van der Waals surface area contributed by atoms with E-state index in [9.17, 15) is 10.2 Å². The van der Waals surface area contributed by atoms with Crippen molar-refractivity contribution in [1.82, 2.24) is 0 Å². The summed E-state index contributed by atoms with van der Waals surface area (Å²) < 4.78 is 0. The average molecular weight is 256 g/mol. The van der Waals surface area contributed by atoms with Crippen LogP contribution in [-0.4, -0.2) is 10.2 Å². The molecule has 19 heavy (non-hydrogen) atoms. The highest BCUT2D eigenvalue weighted by molar-refractivity contribution is 5.66. The molecular weight excluding hydrogens is 236 g/mol. The van der Waals surface area contributed by atoms with Crippen molar-refractivity contribution in [2.24, 2.45) is 0 Å². The Hall–Kier alpha value is -1.96. The Bertz CT molecular complexity index is 529. The molecule has 0 aromatic heterocycles. The van der Waals surface area contributed by atoms with Gasteiger partial charge in [-0.1, -0.05) is 38.0 Å². The van der Waals surface area contributed by atoms with Gasteiger partial charge in [0.2, 0.25) is 0 Å². The molecule has 0 atom stereocenters. The zero-order valence-corrected chi connectivity index (χ0v) is 11.3. The van der Waals surface area contributed by atoms with Crippen LogP contribution in [-0.2, 0) is 6.42 Å². The molecule has 2 aromatic carbocycles. The summed E-state index contributed by atoms with van der Waals surface area (Å²) in [6.07, 6.45) is 4.37. The van der Waals surface area contributed by atoms with Gasteiger partial charge >= 0.3 is 0 Å². The second-order valence-corrected chi connectivity index (χ2v) is 4.85. The molecule has 0 saturated heterocycles. The number of phenolic OH excluding ortho intramolecular Hbond substituents is 2. The molecule has 0 aliphatic rings. The first-order valence-electron chi connectivity index (χ1n) is 6.82. The number of hydrogen-bond acceptors (Lipinski definition) is 2. The molecule has 0 aliphatic heterocycles. The van der Waals surface area contributed by atoms with E-state index in [2.05, 4.69) is 6.92 Å². The van der Waals surface area contributed by atoms with Gasteiger partial charge in [0.05, 0.1) is 0 Å². The van der Waals surface area contributed by atoms with Gasteiger partial charge in [-0.05, 0) is 53.8 Å². The van der Waals surface area contributed by atoms with Gasteiger partial charge in [0.25, 0.3) is 0 Å². The number of benzene rings is 2. The fourth-order valence-corrected chi connectivity index (χ4v) is 2.18. The molecule has 2 nitrogen and oxygen atoms in total. The molecule has 2 heteroatoms. The number of hydrogen-bond donors (Lipinski definition) is 2. The summed E-state index contributed by atoms with van der Waals surface area (Å²) in [7, 11) is 0. The van der Waals surface area contributed by atoms with Crippen LogP contribution < -0.4 is 0 Å². The van der Waals surface area contributed by atoms with Crippen molar-refractivity contribution in [2.45, 2.75) is 32.6 Å². The molecule has 2 rings (SSSR count). The fraction of sp³-hybridized carbons (Fsp3) is 0.294. The van der Waals surface area contributed by atoms with Gasteiger partial charge in [0.1, 0.15) is 11.5 Å². The Morgan fingerprint density at radius 3 is 2.21 bits per heavy atom. The third-order valence-electron chi connectivity index (χ3n) is 3.33. The maximum atomic E-state index is 9.89. The molecule has 0 bridgehead atoms. The Balaban J connectivity index is 2.22. The highest BCUT2D eigenvalue weighted by Crippen LogP contribution is 2.28. The zero-order valence-electron chi connectivity index (χ0n) is 11.3. The number of unbranched alkanes of at least 4 members (excludes halogenated alkanes) is 2. The molecular formula is C17H20O2. The highest BCUT2D eigenvalue weighted by Gasteiger charge is 2.04. The quantitative estimate of drug-likeness (QED) is 0.773. The smallest absolute Gasteiger partial charge is 0.118 e. The third-order valence-corrected chi connectivity index (χ3v) is 3.33. The SMILES string of the molecule is CCCCCc1cc(-c2ccc(O)cc2)ccc1O. The van der Waals surface area contributed by atoms with Crippen molar-refractivity contribution in [1.29, 1.82) is 0 Å². The molecule has 0 fully saturated rings. The van der Waals surface area contributed by atoms with E-state index >= 15 is 0 Å². The van der Waals surface area contributed by atoms with Gasteiger partial charge in [-0.2, -0.15) is 0 Å². The average Bonchev–Trinajstić information content (AvgIpc) is 2.42. The van der Waals surface area contributed by atoms with Crippen LogP contribution in [0.15, 0.2) is 42.5 Å². The molecule has 0 unspecified atom stereocenters. The molecule has 0 aliphatic carbocycles. The lowest BCUT2D eigenvalue weighted by Crippen LogP contribution is -1.88. The van der Waals surface area contributed by atoms with Crippen LogP contribution >= 0.6 is 0 Å². The number of phenols is 2. The van der Waals surface area contributed by atoms with Crippen molar-refractivity contribution in [3.63, 3.8) is 0 Å². The Morgan fingerprint density at radius 2 is 1.53 bits per heavy atom. The van der Waals surface area contributed by atoms with Gasteiger partial charge in [-0.3, -0.25) is 0 Å². The van der Waals surface area contributed by atoms with E-state index in [1.54, 1.807) is 18.2 Å². The normalized spacial score (nSPS) is 10.6. The van der Waals surface area contributed by atoms with E-state index in [0.717, 1.165) is 29.5 Å². The number of aryl methyl sites for hydroxylation is 1. The molecule has 2 N–H and O–H groups in total. The molecule has 0 heterocycles. The first kappa shape index (κ1) is 13.5. The van der Waals surface area contributed by atoms with Crippen molar-refractivity contribution in [2.75, 3.05) is 0 Å². The van der Waals surface area contributed by atoms with Crippen LogP contribution in [0.4, 0.5) is 0 Å². The summed E-state index contributed by atoms with van der Waals surface area (Å²) >= 11 is 0. The lowest BCUT2D eigenvalue weighted by molar-refractivity contribution is 0.466. The minimum atomic E-state index is 0.269. The maximum absolute atomic E-state index is 9.89. The second kappa shape index (κ2) is 6.28. The molecule has 0 saturated carbocycles. The van der Waals surface area contributed by atoms with Crippen LogP contribution in [0.1, 0.15) is 31.7 Å². The minimum absolute atomic E-state index is 0.269. The van der Waals surface area contributed by atoms with E-state index in [1.807, 2.05) is 24.3 Å². The first-order chi connectivity index (χ1) is 9.20. The van der Waals surface area contributed by atoms with Crippen molar-refractivity contribution >= 4 is 0 Å². The molecule has 100 valence electrons. The van der Waals surface area contributed by atoms with E-state index < -0.39 is 0 Å². The predicted molar refractivity (Wildman–Crippen MR) is 78.4 cm³/mol. The summed E-state index contributed by atoms with van der Waals surface area (Å²) in [5, 5.41) is 19.2. The van der Waals surface area contributed by atoms with E-state index in [4.69, 9.17) is 0 Å². The Morgan fingerprint density at radius 1 is 0.842 bits per heavy atom. The second-order valence-electron chi connectivity index (χ2n) is 4.85. The lowest BCUT2D eigenvalue weighted by atomic mass is 9.99. The molecule has 0 spiro atoms. The zero-order chi connectivity index (χ0) is 13.7. The summed E-state index contributed by atoms with van der Waals surface area (Å²) in [5.74, 6) is 0.643. The van der Waals surface area contributed by atoms with E-state index in [1.165, 1.54) is 12.8 Å². The van der Waals surface area contributed by atoms with Crippen LogP contribution in [0.25, 0.3) is 11.1 Å². The first-order valence-corrected chi connectivity index (χ1v) is 6.82. The lowest BCUT2D eigenvalue weighted by Gasteiger charge is -2.08. The summed E-state index contributed by atoms with van der Waals surface area (Å²) in [6.45, 7) is 2.17. The van der Waals surface area contributed by atoms with Gasteiger partial charge in [-0.25, -0.2) is 0 Å². The highest BCUT2D eigenvalue weighted by atomic mass is 16.3. The number of aromatic hydroxyl groups is 2. The molecule has 2 aromatic rings. The minimum Gasteiger partial charge on any atom is -0.508 e. The summed E-state index contributed by atoms with van der Waals surface area (Å²) in [4.78, 5) is 0. The summed E-state index contributed by atoms with van der Waals surface area (Å²) in [5.41, 5.74) is 3.12. The van der Waals surface area contributed by atoms with Gasteiger partial charge < -0.3 is 10.2 Å². The Kier molecular flexibility index (Phi) is 4.45. The maximum Gasteiger partial charge on any atom is 0.118 e. The van der Waals surface area contributed by atoms with Crippen molar-refractivity contribution in [3.05, 3.63) is 48.0 Å². The van der Waals surface area contributed by atoms with Gasteiger partial charge in [0.15, 0.2) is 0 Å². The van der Waals surface area contributed by atoms with Crippen LogP contribution in [0.3, 0.4) is 0 Å². The Labute approximate surface area is 114 Å². The van der Waals surface area contributed by atoms with Crippen LogP contribution in [0, 0.1) is 0 Å². The summed E-state index contributed by atoms with van der Waals surface area (Å²) in [6, 6.07) is 12.8. The standard InChI is InChI=1S/C17H20O2/c1-2-3-4-5-15-12-14(8-11-17(15)19)13-6-9-16(18)10-7-13/h6-12,18-19H,2-5H2,1H3. The topological polar surface area (TPSA) is 40.5 Å². The third kappa shape index (κ3) is 3.50. The molecule has 0 amide bonds. The fourth-order valence-electron chi connectivity index (χ4n) is 2.18. The number of rotatable bonds is 5. The largest absolute Gasteiger partial charge is 0.508 e. The van der Waals surface area contributed by atoms with Gasteiger partial charge in [-0.15, -0.1) is 0 Å².